The summed E-state index contributed by atoms with van der Waals surface area (Å²) in [6.45, 7) is 7.07. The molecule has 0 radical (unpaired) electrons. The Labute approximate surface area is 197 Å². The Morgan fingerprint density at radius 3 is 2.44 bits per heavy atom. The average Bonchev–Trinajstić information content (AvgIpc) is 3.44. The molecule has 0 saturated carbocycles. The Morgan fingerprint density at radius 1 is 1.00 bits per heavy atom. The summed E-state index contributed by atoms with van der Waals surface area (Å²) in [6.07, 6.45) is 0. The Morgan fingerprint density at radius 2 is 1.71 bits per heavy atom. The molecule has 2 aromatic carbocycles. The van der Waals surface area contributed by atoms with Crippen LogP contribution < -0.4 is 5.32 Å². The first-order valence-electron chi connectivity index (χ1n) is 11.1. The minimum atomic E-state index is -1.38. The summed E-state index contributed by atoms with van der Waals surface area (Å²) in [5.41, 5.74) is 3.47. The van der Waals surface area contributed by atoms with Crippen molar-refractivity contribution in [1.29, 1.82) is 0 Å². The normalized spacial score (nSPS) is 18.1. The van der Waals surface area contributed by atoms with Crippen LogP contribution in [-0.4, -0.2) is 33.7 Å². The van der Waals surface area contributed by atoms with Gasteiger partial charge in [0.05, 0.1) is 6.54 Å². The Bertz CT molecular complexity index is 1450. The number of para-hydroxylation sites is 2. The molecule has 7 heteroatoms. The molecule has 0 spiro atoms. The van der Waals surface area contributed by atoms with Crippen LogP contribution >= 0.6 is 0 Å². The van der Waals surface area contributed by atoms with Gasteiger partial charge in [0, 0.05) is 28.0 Å². The number of Topliss-reactive ketones (excluding diaryl/α,β-unsaturated/α-hetero) is 1. The first-order chi connectivity index (χ1) is 16.2. The monoisotopic (exact) mass is 455 g/mol. The van der Waals surface area contributed by atoms with Gasteiger partial charge in [-0.3, -0.25) is 14.5 Å². The van der Waals surface area contributed by atoms with Crippen LogP contribution in [0.1, 0.15) is 40.0 Å². The maximum absolute atomic E-state index is 13.3. The number of benzene rings is 2. The standard InChI is InChI=1S/C27H25N3O4/c1-16-9-5-7-11-21(16)30-17(2)13-20(18(30)3)22(31)15-29-25(32)27(4,28-26(29)33)24-14-19-10-6-8-12-23(19)34-24/h5-14H,15H2,1-4H3,(H,28,33). The summed E-state index contributed by atoms with van der Waals surface area (Å²) in [5.74, 6) is -0.484. The van der Waals surface area contributed by atoms with E-state index in [1.165, 1.54) is 0 Å². The second kappa shape index (κ2) is 7.73. The van der Waals surface area contributed by atoms with Crippen LogP contribution in [0.5, 0.6) is 0 Å². The van der Waals surface area contributed by atoms with Gasteiger partial charge in [-0.25, -0.2) is 4.79 Å². The predicted molar refractivity (Wildman–Crippen MR) is 128 cm³/mol. The minimum Gasteiger partial charge on any atom is -0.458 e. The van der Waals surface area contributed by atoms with E-state index in [9.17, 15) is 14.4 Å². The third-order valence-corrected chi connectivity index (χ3v) is 6.58. The third-order valence-electron chi connectivity index (χ3n) is 6.58. The van der Waals surface area contributed by atoms with Gasteiger partial charge in [-0.15, -0.1) is 0 Å². The van der Waals surface area contributed by atoms with Gasteiger partial charge in [-0.2, -0.15) is 0 Å². The average molecular weight is 456 g/mol. The largest absolute Gasteiger partial charge is 0.458 e. The number of urea groups is 1. The summed E-state index contributed by atoms with van der Waals surface area (Å²) in [5, 5.41) is 3.55. The van der Waals surface area contributed by atoms with E-state index < -0.39 is 17.5 Å². The number of hydrogen-bond donors (Lipinski definition) is 1. The molecule has 7 nitrogen and oxygen atoms in total. The first-order valence-corrected chi connectivity index (χ1v) is 11.1. The highest BCUT2D eigenvalue weighted by Crippen LogP contribution is 2.33. The van der Waals surface area contributed by atoms with E-state index in [0.717, 1.165) is 32.9 Å². The van der Waals surface area contributed by atoms with Crippen LogP contribution in [0, 0.1) is 20.8 Å². The topological polar surface area (TPSA) is 84.6 Å². The lowest BCUT2D eigenvalue weighted by Gasteiger charge is -2.18. The van der Waals surface area contributed by atoms with Crippen molar-refractivity contribution in [3.8, 4) is 5.69 Å². The number of aryl methyl sites for hydroxylation is 2. The number of aromatic nitrogens is 1. The zero-order chi connectivity index (χ0) is 24.2. The molecule has 34 heavy (non-hydrogen) atoms. The molecule has 1 N–H and O–H groups in total. The van der Waals surface area contributed by atoms with Gasteiger partial charge < -0.3 is 14.3 Å². The molecule has 3 heterocycles. The van der Waals surface area contributed by atoms with Crippen molar-refractivity contribution in [3.63, 3.8) is 0 Å². The van der Waals surface area contributed by atoms with Crippen molar-refractivity contribution < 1.29 is 18.8 Å². The van der Waals surface area contributed by atoms with Crippen molar-refractivity contribution in [2.24, 2.45) is 0 Å². The number of carbonyl (C=O) groups is 3. The molecule has 172 valence electrons. The number of rotatable bonds is 5. The number of imide groups is 1. The van der Waals surface area contributed by atoms with Gasteiger partial charge in [-0.05, 0) is 57.5 Å². The fourth-order valence-corrected chi connectivity index (χ4v) is 4.69. The minimum absolute atomic E-state index is 0.301. The second-order valence-corrected chi connectivity index (χ2v) is 8.92. The molecule has 1 saturated heterocycles. The first kappa shape index (κ1) is 21.7. The number of furan rings is 1. The van der Waals surface area contributed by atoms with Crippen molar-refractivity contribution in [3.05, 3.63) is 88.9 Å². The van der Waals surface area contributed by atoms with E-state index in [-0.39, 0.29) is 12.3 Å². The molecule has 1 fully saturated rings. The molecule has 3 amide bonds. The number of nitrogens with one attached hydrogen (secondary N) is 1. The lowest BCUT2D eigenvalue weighted by atomic mass is 9.98. The van der Waals surface area contributed by atoms with Crippen LogP contribution in [0.25, 0.3) is 16.7 Å². The van der Waals surface area contributed by atoms with Crippen molar-refractivity contribution in [1.82, 2.24) is 14.8 Å². The van der Waals surface area contributed by atoms with Gasteiger partial charge in [-0.1, -0.05) is 36.4 Å². The van der Waals surface area contributed by atoms with Crippen molar-refractivity contribution >= 4 is 28.7 Å². The predicted octanol–water partition coefficient (Wildman–Crippen LogP) is 4.80. The van der Waals surface area contributed by atoms with Crippen molar-refractivity contribution in [2.45, 2.75) is 33.2 Å². The molecule has 1 aliphatic heterocycles. The molecular formula is C27H25N3O4. The second-order valence-electron chi connectivity index (χ2n) is 8.92. The molecule has 1 atom stereocenters. The van der Waals surface area contributed by atoms with Crippen LogP contribution in [0.15, 0.2) is 65.1 Å². The van der Waals surface area contributed by atoms with Crippen LogP contribution in [0.3, 0.4) is 0 Å². The van der Waals surface area contributed by atoms with E-state index in [2.05, 4.69) is 5.32 Å². The van der Waals surface area contributed by atoms with Gasteiger partial charge in [0.2, 0.25) is 0 Å². The van der Waals surface area contributed by atoms with Gasteiger partial charge >= 0.3 is 6.03 Å². The van der Waals surface area contributed by atoms with E-state index in [1.54, 1.807) is 25.1 Å². The van der Waals surface area contributed by atoms with Crippen LogP contribution in [0.4, 0.5) is 4.79 Å². The fraction of sp³-hybridized carbons (Fsp3) is 0.222. The molecule has 5 rings (SSSR count). The summed E-state index contributed by atoms with van der Waals surface area (Å²) in [6, 6.07) is 18.3. The number of amides is 3. The quantitative estimate of drug-likeness (QED) is 0.346. The van der Waals surface area contributed by atoms with E-state index in [0.29, 0.717) is 16.9 Å². The summed E-state index contributed by atoms with van der Waals surface area (Å²) in [4.78, 5) is 40.3. The van der Waals surface area contributed by atoms with Crippen molar-refractivity contribution in [2.75, 3.05) is 6.54 Å². The number of nitrogens with zero attached hydrogens (tertiary/aromatic N) is 2. The lowest BCUT2D eigenvalue weighted by molar-refractivity contribution is -0.131. The molecule has 4 aromatic rings. The number of ketones is 1. The molecule has 0 bridgehead atoms. The molecule has 1 unspecified atom stereocenters. The number of fused-ring (bicyclic) bond motifs is 1. The highest BCUT2D eigenvalue weighted by Gasteiger charge is 2.51. The highest BCUT2D eigenvalue weighted by atomic mass is 16.3. The highest BCUT2D eigenvalue weighted by molar-refractivity contribution is 6.11. The zero-order valence-corrected chi connectivity index (χ0v) is 19.5. The van der Waals surface area contributed by atoms with E-state index in [1.807, 2.05) is 67.8 Å². The zero-order valence-electron chi connectivity index (χ0n) is 19.5. The molecule has 0 aliphatic carbocycles. The van der Waals surface area contributed by atoms with E-state index in [4.69, 9.17) is 4.42 Å². The Kier molecular flexibility index (Phi) is 4.93. The fourth-order valence-electron chi connectivity index (χ4n) is 4.69. The number of hydrogen-bond acceptors (Lipinski definition) is 4. The van der Waals surface area contributed by atoms with Gasteiger partial charge in [0.1, 0.15) is 11.3 Å². The maximum atomic E-state index is 13.3. The third kappa shape index (κ3) is 3.23. The van der Waals surface area contributed by atoms with E-state index >= 15 is 0 Å². The molecule has 1 aliphatic rings. The summed E-state index contributed by atoms with van der Waals surface area (Å²) >= 11 is 0. The maximum Gasteiger partial charge on any atom is 0.325 e. The molecular weight excluding hydrogens is 430 g/mol. The molecule has 2 aromatic heterocycles. The summed E-state index contributed by atoms with van der Waals surface area (Å²) < 4.78 is 7.88. The van der Waals surface area contributed by atoms with Crippen LogP contribution in [-0.2, 0) is 10.3 Å². The number of carbonyl (C=O) groups excluding carboxylic acids is 3. The SMILES string of the molecule is Cc1ccccc1-n1c(C)cc(C(=O)CN2C(=O)NC(C)(c3cc4ccccc4o3)C2=O)c1C. The van der Waals surface area contributed by atoms with Gasteiger partial charge in [0.15, 0.2) is 11.3 Å². The summed E-state index contributed by atoms with van der Waals surface area (Å²) in [7, 11) is 0. The van der Waals surface area contributed by atoms with Crippen LogP contribution in [0.2, 0.25) is 0 Å². The van der Waals surface area contributed by atoms with Gasteiger partial charge in [0.25, 0.3) is 5.91 Å². The Balaban J connectivity index is 1.43. The smallest absolute Gasteiger partial charge is 0.325 e. The lowest BCUT2D eigenvalue weighted by Crippen LogP contribution is -2.41. The Hall–Kier alpha value is -4.13.